The third-order valence-electron chi connectivity index (χ3n) is 4.22. The van der Waals surface area contributed by atoms with Crippen molar-refractivity contribution < 1.29 is 13.6 Å². The van der Waals surface area contributed by atoms with Gasteiger partial charge < -0.3 is 5.32 Å². The van der Waals surface area contributed by atoms with Gasteiger partial charge in [-0.3, -0.25) is 4.79 Å². The van der Waals surface area contributed by atoms with Crippen molar-refractivity contribution in [1.29, 1.82) is 0 Å². The van der Waals surface area contributed by atoms with E-state index in [1.54, 1.807) is 18.2 Å². The molecule has 0 spiro atoms. The first-order valence-corrected chi connectivity index (χ1v) is 9.51. The lowest BCUT2D eigenvalue weighted by Crippen LogP contribution is -2.29. The summed E-state index contributed by atoms with van der Waals surface area (Å²) >= 11 is 12.0. The Balaban J connectivity index is 2.09. The van der Waals surface area contributed by atoms with E-state index in [2.05, 4.69) is 22.2 Å². The van der Waals surface area contributed by atoms with Gasteiger partial charge in [0.25, 0.3) is 12.3 Å². The van der Waals surface area contributed by atoms with Crippen LogP contribution in [0.15, 0.2) is 30.6 Å². The van der Waals surface area contributed by atoms with Crippen molar-refractivity contribution in [2.24, 2.45) is 0 Å². The Morgan fingerprint density at radius 1 is 1.19 bits per heavy atom. The second-order valence-corrected chi connectivity index (χ2v) is 6.96. The molecule has 0 aliphatic heterocycles. The van der Waals surface area contributed by atoms with Gasteiger partial charge in [-0.15, -0.1) is 0 Å². The molecular weight excluding hydrogens is 395 g/mol. The van der Waals surface area contributed by atoms with Crippen LogP contribution in [0.4, 0.5) is 8.78 Å². The molecule has 2 rings (SSSR count). The zero-order chi connectivity index (χ0) is 19.8. The molecule has 1 unspecified atom stereocenters. The van der Waals surface area contributed by atoms with E-state index in [1.807, 2.05) is 0 Å². The van der Waals surface area contributed by atoms with Gasteiger partial charge in [-0.1, -0.05) is 55.5 Å². The molecule has 0 aliphatic rings. The summed E-state index contributed by atoms with van der Waals surface area (Å²) in [6.45, 7) is 2.42. The molecule has 4 nitrogen and oxygen atoms in total. The maximum absolute atomic E-state index is 12.7. The van der Waals surface area contributed by atoms with E-state index in [1.165, 1.54) is 12.4 Å². The van der Waals surface area contributed by atoms with Gasteiger partial charge in [0.15, 0.2) is 5.82 Å². The number of aromatic nitrogens is 2. The first kappa shape index (κ1) is 21.5. The van der Waals surface area contributed by atoms with Crippen molar-refractivity contribution in [1.82, 2.24) is 15.3 Å². The summed E-state index contributed by atoms with van der Waals surface area (Å²) in [5.41, 5.74) is 1.01. The predicted molar refractivity (Wildman–Crippen MR) is 103 cm³/mol. The van der Waals surface area contributed by atoms with E-state index >= 15 is 0 Å². The highest BCUT2D eigenvalue weighted by molar-refractivity contribution is 6.43. The van der Waals surface area contributed by atoms with Gasteiger partial charge in [0.1, 0.15) is 0 Å². The van der Waals surface area contributed by atoms with Gasteiger partial charge in [0, 0.05) is 24.9 Å². The fourth-order valence-electron chi connectivity index (χ4n) is 2.69. The van der Waals surface area contributed by atoms with Gasteiger partial charge >= 0.3 is 0 Å². The maximum atomic E-state index is 12.7. The monoisotopic (exact) mass is 415 g/mol. The number of hydrogen-bond donors (Lipinski definition) is 1. The molecule has 146 valence electrons. The third-order valence-corrected chi connectivity index (χ3v) is 5.04. The first-order chi connectivity index (χ1) is 12.9. The van der Waals surface area contributed by atoms with Crippen LogP contribution < -0.4 is 5.32 Å². The molecule has 1 atom stereocenters. The molecular formula is C19H21Cl2F2N3O. The molecule has 8 heteroatoms. The van der Waals surface area contributed by atoms with Crippen LogP contribution in [0.2, 0.25) is 10.0 Å². The maximum Gasteiger partial charge on any atom is 0.297 e. The lowest BCUT2D eigenvalue weighted by Gasteiger charge is -2.18. The number of nitrogens with zero attached hydrogens (tertiary/aromatic N) is 2. The summed E-state index contributed by atoms with van der Waals surface area (Å²) in [6, 6.07) is 4.85. The number of nitrogens with one attached hydrogen (secondary N) is 1. The van der Waals surface area contributed by atoms with Gasteiger partial charge in [-0.2, -0.15) is 0 Å². The second kappa shape index (κ2) is 10.5. The number of unbranched alkanes of at least 4 members (excludes halogenated alkanes) is 2. The van der Waals surface area contributed by atoms with Gasteiger partial charge in [-0.05, 0) is 24.1 Å². The minimum Gasteiger partial charge on any atom is -0.351 e. The summed E-state index contributed by atoms with van der Waals surface area (Å²) in [4.78, 5) is 19.9. The predicted octanol–water partition coefficient (Wildman–Crippen LogP) is 5.81. The van der Waals surface area contributed by atoms with Crippen LogP contribution in [0.3, 0.4) is 0 Å². The van der Waals surface area contributed by atoms with E-state index < -0.39 is 12.2 Å². The van der Waals surface area contributed by atoms with Crippen LogP contribution in [0.1, 0.15) is 66.7 Å². The van der Waals surface area contributed by atoms with Crippen LogP contribution in [-0.4, -0.2) is 22.4 Å². The van der Waals surface area contributed by atoms with Crippen molar-refractivity contribution in [3.63, 3.8) is 0 Å². The molecule has 0 saturated carbocycles. The average Bonchev–Trinajstić information content (AvgIpc) is 2.66. The van der Waals surface area contributed by atoms with Crippen LogP contribution in [-0.2, 0) is 0 Å². The molecule has 1 N–H and O–H groups in total. The van der Waals surface area contributed by atoms with Gasteiger partial charge in [0.2, 0.25) is 0 Å². The average molecular weight is 416 g/mol. The van der Waals surface area contributed by atoms with Crippen molar-refractivity contribution >= 4 is 29.1 Å². The number of halogens is 4. The van der Waals surface area contributed by atoms with E-state index in [9.17, 15) is 13.6 Å². The highest BCUT2D eigenvalue weighted by Crippen LogP contribution is 2.26. The highest BCUT2D eigenvalue weighted by Gasteiger charge is 2.18. The first-order valence-electron chi connectivity index (χ1n) is 8.76. The van der Waals surface area contributed by atoms with Crippen LogP contribution in [0.25, 0.3) is 0 Å². The second-order valence-electron chi connectivity index (χ2n) is 6.18. The SMILES string of the molecule is CCCCCC(CNC(=O)c1cccc(Cl)c1Cl)c1cnc(C(F)F)nc1. The Labute approximate surface area is 167 Å². The number of carbonyl (C=O) groups excluding carboxylic acids is 1. The molecule has 2 aromatic rings. The minimum absolute atomic E-state index is 0.0785. The summed E-state index contributed by atoms with van der Waals surface area (Å²) < 4.78 is 25.3. The topological polar surface area (TPSA) is 54.9 Å². The Morgan fingerprint density at radius 2 is 1.89 bits per heavy atom. The summed E-state index contributed by atoms with van der Waals surface area (Å²) in [6.07, 6.45) is 3.94. The summed E-state index contributed by atoms with van der Waals surface area (Å²) in [5, 5.41) is 3.35. The highest BCUT2D eigenvalue weighted by atomic mass is 35.5. The van der Waals surface area contributed by atoms with Gasteiger partial charge in [0.05, 0.1) is 15.6 Å². The Hall–Kier alpha value is -1.79. The molecule has 27 heavy (non-hydrogen) atoms. The van der Waals surface area contributed by atoms with Crippen LogP contribution in [0.5, 0.6) is 0 Å². The van der Waals surface area contributed by atoms with Crippen molar-refractivity contribution in [3.8, 4) is 0 Å². The summed E-state index contributed by atoms with van der Waals surface area (Å²) in [5.74, 6) is -0.918. The van der Waals surface area contributed by atoms with E-state index in [0.29, 0.717) is 22.7 Å². The summed E-state index contributed by atoms with van der Waals surface area (Å²) in [7, 11) is 0. The lowest BCUT2D eigenvalue weighted by atomic mass is 9.95. The molecule has 1 amide bonds. The molecule has 1 heterocycles. The quantitative estimate of drug-likeness (QED) is 0.525. The number of rotatable bonds is 9. The van der Waals surface area contributed by atoms with Crippen molar-refractivity contribution in [2.75, 3.05) is 6.54 Å². The fraction of sp³-hybridized carbons (Fsp3) is 0.421. The normalized spacial score (nSPS) is 12.2. The molecule has 0 aliphatic carbocycles. The van der Waals surface area contributed by atoms with Gasteiger partial charge in [-0.25, -0.2) is 18.7 Å². The largest absolute Gasteiger partial charge is 0.351 e. The zero-order valence-electron chi connectivity index (χ0n) is 14.9. The van der Waals surface area contributed by atoms with E-state index in [4.69, 9.17) is 23.2 Å². The number of amides is 1. The number of carbonyl (C=O) groups is 1. The number of benzene rings is 1. The molecule has 0 fully saturated rings. The van der Waals surface area contributed by atoms with Crippen molar-refractivity contribution in [2.45, 2.75) is 45.0 Å². The molecule has 1 aromatic carbocycles. The fourth-order valence-corrected chi connectivity index (χ4v) is 3.08. The Kier molecular flexibility index (Phi) is 8.38. The van der Waals surface area contributed by atoms with Crippen LogP contribution >= 0.6 is 23.2 Å². The van der Waals surface area contributed by atoms with Crippen LogP contribution in [0, 0.1) is 0 Å². The smallest absolute Gasteiger partial charge is 0.297 e. The third kappa shape index (κ3) is 6.11. The molecule has 0 radical (unpaired) electrons. The van der Waals surface area contributed by atoms with E-state index in [-0.39, 0.29) is 16.8 Å². The van der Waals surface area contributed by atoms with Crippen molar-refractivity contribution in [3.05, 3.63) is 57.6 Å². The number of hydrogen-bond acceptors (Lipinski definition) is 3. The molecule has 0 bridgehead atoms. The lowest BCUT2D eigenvalue weighted by molar-refractivity contribution is 0.0950. The number of alkyl halides is 2. The minimum atomic E-state index is -2.71. The standard InChI is InChI=1S/C19H21Cl2F2N3O/c1-2-3-4-6-12(13-10-24-18(17(22)23)25-11-13)9-26-19(27)14-7-5-8-15(20)16(14)21/h5,7-8,10-12,17H,2-4,6,9H2,1H3,(H,26,27). The zero-order valence-corrected chi connectivity index (χ0v) is 16.4. The molecule has 0 saturated heterocycles. The Bertz CT molecular complexity index is 757. The van der Waals surface area contributed by atoms with E-state index in [0.717, 1.165) is 25.7 Å². The molecule has 1 aromatic heterocycles. The Morgan fingerprint density at radius 3 is 2.52 bits per heavy atom.